The first-order valence-electron chi connectivity index (χ1n) is 7.03. The molecule has 1 aromatic rings. The first-order chi connectivity index (χ1) is 8.60. The van der Waals surface area contributed by atoms with Crippen LogP contribution in [0.4, 0.5) is 0 Å². The predicted molar refractivity (Wildman–Crippen MR) is 80.4 cm³/mol. The molecule has 1 N–H and O–H groups in total. The van der Waals surface area contributed by atoms with Crippen LogP contribution < -0.4 is 5.32 Å². The molecule has 0 spiro atoms. The van der Waals surface area contributed by atoms with Crippen molar-refractivity contribution in [2.75, 3.05) is 14.1 Å². The highest BCUT2D eigenvalue weighted by Crippen LogP contribution is 2.26. The average molecular weight is 266 g/mol. The maximum atomic E-state index is 3.41. The monoisotopic (exact) mass is 266 g/mol. The van der Waals surface area contributed by atoms with E-state index in [2.05, 4.69) is 44.2 Å². The third kappa shape index (κ3) is 3.34. The van der Waals surface area contributed by atoms with E-state index in [1.807, 2.05) is 11.3 Å². The van der Waals surface area contributed by atoms with Crippen molar-refractivity contribution in [2.24, 2.45) is 0 Å². The van der Waals surface area contributed by atoms with Crippen molar-refractivity contribution in [1.82, 2.24) is 10.2 Å². The number of hydrogen-bond acceptors (Lipinski definition) is 3. The Hall–Kier alpha value is -0.380. The summed E-state index contributed by atoms with van der Waals surface area (Å²) in [5.41, 5.74) is 1.52. The lowest BCUT2D eigenvalue weighted by molar-refractivity contribution is 0.170. The molecule has 1 aliphatic carbocycles. The zero-order chi connectivity index (χ0) is 13.1. The molecule has 0 aromatic carbocycles. The van der Waals surface area contributed by atoms with Gasteiger partial charge in [0.05, 0.1) is 0 Å². The van der Waals surface area contributed by atoms with Crippen LogP contribution in [-0.4, -0.2) is 31.1 Å². The molecule has 0 aliphatic heterocycles. The SMILES string of the molecule is CNC1CCC(N(C)Cc2cc(C)sc2C)CC1. The Kier molecular flexibility index (Phi) is 4.82. The maximum Gasteiger partial charge on any atom is 0.0244 e. The molecule has 2 nitrogen and oxygen atoms in total. The van der Waals surface area contributed by atoms with Crippen LogP contribution in [0.1, 0.15) is 41.0 Å². The average Bonchev–Trinajstić information content (AvgIpc) is 2.68. The zero-order valence-electron chi connectivity index (χ0n) is 12.1. The van der Waals surface area contributed by atoms with Gasteiger partial charge >= 0.3 is 0 Å². The number of rotatable bonds is 4. The van der Waals surface area contributed by atoms with Gasteiger partial charge < -0.3 is 5.32 Å². The summed E-state index contributed by atoms with van der Waals surface area (Å²) in [5, 5.41) is 3.41. The Labute approximate surface area is 115 Å². The van der Waals surface area contributed by atoms with E-state index in [1.165, 1.54) is 41.0 Å². The smallest absolute Gasteiger partial charge is 0.0244 e. The summed E-state index contributed by atoms with van der Waals surface area (Å²) in [4.78, 5) is 5.48. The third-order valence-electron chi connectivity index (χ3n) is 4.29. The van der Waals surface area contributed by atoms with E-state index in [4.69, 9.17) is 0 Å². The number of nitrogens with one attached hydrogen (secondary N) is 1. The van der Waals surface area contributed by atoms with Crippen LogP contribution in [0, 0.1) is 13.8 Å². The fourth-order valence-corrected chi connectivity index (χ4v) is 3.98. The Bertz CT molecular complexity index is 378. The van der Waals surface area contributed by atoms with Gasteiger partial charge in [0, 0.05) is 28.4 Å². The molecule has 0 bridgehead atoms. The van der Waals surface area contributed by atoms with Gasteiger partial charge in [-0.3, -0.25) is 4.90 Å². The van der Waals surface area contributed by atoms with Gasteiger partial charge in [-0.15, -0.1) is 11.3 Å². The molecule has 2 rings (SSSR count). The van der Waals surface area contributed by atoms with E-state index >= 15 is 0 Å². The third-order valence-corrected chi connectivity index (χ3v) is 5.30. The molecule has 0 radical (unpaired) electrons. The molecule has 102 valence electrons. The van der Waals surface area contributed by atoms with Gasteiger partial charge in [-0.2, -0.15) is 0 Å². The summed E-state index contributed by atoms with van der Waals surface area (Å²) in [6, 6.07) is 3.88. The van der Waals surface area contributed by atoms with Crippen molar-refractivity contribution in [2.45, 2.75) is 58.2 Å². The largest absolute Gasteiger partial charge is 0.317 e. The Balaban J connectivity index is 1.89. The van der Waals surface area contributed by atoms with Crippen molar-refractivity contribution in [3.63, 3.8) is 0 Å². The maximum absolute atomic E-state index is 3.41. The highest BCUT2D eigenvalue weighted by Gasteiger charge is 2.23. The Morgan fingerprint density at radius 1 is 1.28 bits per heavy atom. The van der Waals surface area contributed by atoms with Gasteiger partial charge in [-0.25, -0.2) is 0 Å². The van der Waals surface area contributed by atoms with Crippen molar-refractivity contribution >= 4 is 11.3 Å². The summed E-state index contributed by atoms with van der Waals surface area (Å²) < 4.78 is 0. The molecular weight excluding hydrogens is 240 g/mol. The Morgan fingerprint density at radius 2 is 1.94 bits per heavy atom. The topological polar surface area (TPSA) is 15.3 Å². The molecule has 1 heterocycles. The minimum absolute atomic E-state index is 0.750. The molecule has 0 saturated heterocycles. The van der Waals surface area contributed by atoms with Crippen LogP contribution >= 0.6 is 11.3 Å². The van der Waals surface area contributed by atoms with E-state index < -0.39 is 0 Å². The molecule has 0 atom stereocenters. The molecular formula is C15H26N2S. The molecule has 0 amide bonds. The van der Waals surface area contributed by atoms with Gasteiger partial charge in [-0.05, 0) is 65.3 Å². The standard InChI is InChI=1S/C15H26N2S/c1-11-9-13(12(2)18-11)10-17(4)15-7-5-14(16-3)6-8-15/h9,14-16H,5-8,10H2,1-4H3. The lowest BCUT2D eigenvalue weighted by atomic mass is 9.90. The fourth-order valence-electron chi connectivity index (χ4n) is 3.04. The second kappa shape index (κ2) is 6.18. The highest BCUT2D eigenvalue weighted by molar-refractivity contribution is 7.12. The van der Waals surface area contributed by atoms with Gasteiger partial charge in [0.2, 0.25) is 0 Å². The molecule has 1 aliphatic rings. The molecule has 0 unspecified atom stereocenters. The van der Waals surface area contributed by atoms with Crippen LogP contribution in [0.5, 0.6) is 0 Å². The van der Waals surface area contributed by atoms with E-state index in [9.17, 15) is 0 Å². The summed E-state index contributed by atoms with van der Waals surface area (Å²) >= 11 is 1.93. The van der Waals surface area contributed by atoms with Gasteiger partial charge in [0.25, 0.3) is 0 Å². The molecule has 18 heavy (non-hydrogen) atoms. The van der Waals surface area contributed by atoms with E-state index in [0.29, 0.717) is 0 Å². The zero-order valence-corrected chi connectivity index (χ0v) is 12.9. The van der Waals surface area contributed by atoms with Crippen molar-refractivity contribution < 1.29 is 0 Å². The van der Waals surface area contributed by atoms with Crippen LogP contribution in [0.25, 0.3) is 0 Å². The van der Waals surface area contributed by atoms with Crippen LogP contribution in [-0.2, 0) is 6.54 Å². The van der Waals surface area contributed by atoms with Crippen molar-refractivity contribution in [3.05, 3.63) is 21.4 Å². The summed E-state index contributed by atoms with van der Waals surface area (Å²) in [6.45, 7) is 5.57. The second-order valence-corrected chi connectivity index (χ2v) is 7.11. The summed E-state index contributed by atoms with van der Waals surface area (Å²) in [5.74, 6) is 0. The first-order valence-corrected chi connectivity index (χ1v) is 7.85. The minimum Gasteiger partial charge on any atom is -0.317 e. The molecule has 3 heteroatoms. The molecule has 1 aromatic heterocycles. The van der Waals surface area contributed by atoms with Crippen molar-refractivity contribution in [3.8, 4) is 0 Å². The fraction of sp³-hybridized carbons (Fsp3) is 0.733. The van der Waals surface area contributed by atoms with E-state index in [1.54, 1.807) is 0 Å². The quantitative estimate of drug-likeness (QED) is 0.899. The second-order valence-electron chi connectivity index (χ2n) is 5.65. The number of nitrogens with zero attached hydrogens (tertiary/aromatic N) is 1. The lowest BCUT2D eigenvalue weighted by Crippen LogP contribution is -2.39. The molecule has 1 fully saturated rings. The number of aryl methyl sites for hydroxylation is 2. The first kappa shape index (κ1) is 14.0. The number of thiophene rings is 1. The lowest BCUT2D eigenvalue weighted by Gasteiger charge is -2.34. The van der Waals surface area contributed by atoms with Gasteiger partial charge in [0.15, 0.2) is 0 Å². The van der Waals surface area contributed by atoms with E-state index in [-0.39, 0.29) is 0 Å². The normalized spacial score (nSPS) is 24.7. The highest BCUT2D eigenvalue weighted by atomic mass is 32.1. The van der Waals surface area contributed by atoms with Gasteiger partial charge in [-0.1, -0.05) is 0 Å². The van der Waals surface area contributed by atoms with Crippen LogP contribution in [0.15, 0.2) is 6.07 Å². The predicted octanol–water partition coefficient (Wildman–Crippen LogP) is 3.33. The van der Waals surface area contributed by atoms with Gasteiger partial charge in [0.1, 0.15) is 0 Å². The minimum atomic E-state index is 0.750. The summed E-state index contributed by atoms with van der Waals surface area (Å²) in [6.07, 6.45) is 5.33. The van der Waals surface area contributed by atoms with E-state index in [0.717, 1.165) is 18.6 Å². The summed E-state index contributed by atoms with van der Waals surface area (Å²) in [7, 11) is 4.38. The van der Waals surface area contributed by atoms with Crippen molar-refractivity contribution in [1.29, 1.82) is 0 Å². The van der Waals surface area contributed by atoms with Crippen LogP contribution in [0.3, 0.4) is 0 Å². The Morgan fingerprint density at radius 3 is 2.44 bits per heavy atom. The molecule has 1 saturated carbocycles. The van der Waals surface area contributed by atoms with Crippen LogP contribution in [0.2, 0.25) is 0 Å². The number of hydrogen-bond donors (Lipinski definition) is 1.